The zero-order chi connectivity index (χ0) is 21.0. The number of likely N-dealkylation sites (tertiary alicyclic amines) is 1. The Kier molecular flexibility index (Phi) is 7.79. The molecule has 2 N–H and O–H groups in total. The van der Waals surface area contributed by atoms with Gasteiger partial charge < -0.3 is 15.3 Å². The maximum Gasteiger partial charge on any atom is 0.257 e. The van der Waals surface area contributed by atoms with Crippen molar-refractivity contribution in [2.24, 2.45) is 0 Å². The van der Waals surface area contributed by atoms with Crippen molar-refractivity contribution >= 4 is 63.3 Å². The van der Waals surface area contributed by atoms with Gasteiger partial charge in [-0.2, -0.15) is 0 Å². The molecule has 0 spiro atoms. The molecule has 1 saturated heterocycles. The fourth-order valence-corrected chi connectivity index (χ4v) is 4.52. The van der Waals surface area contributed by atoms with Crippen LogP contribution in [0.3, 0.4) is 0 Å². The number of halogens is 3. The van der Waals surface area contributed by atoms with Gasteiger partial charge in [-0.05, 0) is 84.7 Å². The Bertz CT molecular complexity index is 921. The first-order valence-corrected chi connectivity index (χ1v) is 11.2. The molecule has 0 aromatic heterocycles. The van der Waals surface area contributed by atoms with Gasteiger partial charge in [0.15, 0.2) is 0 Å². The molecular formula is C21H21Cl2IN2O3. The van der Waals surface area contributed by atoms with Gasteiger partial charge in [-0.1, -0.05) is 23.2 Å². The highest BCUT2D eigenvalue weighted by molar-refractivity contribution is 14.1. The molecule has 2 aromatic rings. The third-order valence-electron chi connectivity index (χ3n) is 4.99. The molecule has 3 rings (SSSR count). The maximum absolute atomic E-state index is 13.3. The lowest BCUT2D eigenvalue weighted by Crippen LogP contribution is -2.44. The van der Waals surface area contributed by atoms with E-state index in [-0.39, 0.29) is 29.1 Å². The smallest absolute Gasteiger partial charge is 0.257 e. The van der Waals surface area contributed by atoms with Crippen molar-refractivity contribution in [2.75, 3.05) is 18.5 Å². The van der Waals surface area contributed by atoms with E-state index in [1.165, 1.54) is 6.07 Å². The summed E-state index contributed by atoms with van der Waals surface area (Å²) in [7, 11) is 0. The monoisotopic (exact) mass is 546 g/mol. The Morgan fingerprint density at radius 2 is 1.93 bits per heavy atom. The van der Waals surface area contributed by atoms with E-state index < -0.39 is 5.91 Å². The van der Waals surface area contributed by atoms with E-state index in [0.717, 1.165) is 22.8 Å². The third kappa shape index (κ3) is 5.42. The zero-order valence-corrected chi connectivity index (χ0v) is 19.3. The number of nitrogens with one attached hydrogen (secondary N) is 1. The molecule has 1 heterocycles. The first-order valence-electron chi connectivity index (χ1n) is 9.38. The van der Waals surface area contributed by atoms with Gasteiger partial charge in [-0.15, -0.1) is 0 Å². The number of rotatable bonds is 5. The average molecular weight is 547 g/mol. The number of anilines is 1. The van der Waals surface area contributed by atoms with Crippen LogP contribution < -0.4 is 5.32 Å². The standard InChI is InChI=1S/C21H21Cl2IN2O3/c22-13-4-6-16(18(23)11-13)20(28)25-19-7-5-14(24)12-17(19)21(29)26-9-2-1-3-15(26)8-10-27/h4-7,11-12,15,27H,1-3,8-10H2,(H,25,28)/t15-/m0/s1. The number of aliphatic hydroxyl groups is 1. The van der Waals surface area contributed by atoms with E-state index in [2.05, 4.69) is 27.9 Å². The summed E-state index contributed by atoms with van der Waals surface area (Å²) in [5.74, 6) is -0.549. The largest absolute Gasteiger partial charge is 0.396 e. The van der Waals surface area contributed by atoms with Gasteiger partial charge in [0.05, 0.1) is 21.8 Å². The Balaban J connectivity index is 1.89. The predicted octanol–water partition coefficient (Wildman–Crippen LogP) is 5.23. The molecule has 154 valence electrons. The first kappa shape index (κ1) is 22.3. The lowest BCUT2D eigenvalue weighted by Gasteiger charge is -2.36. The molecule has 0 aliphatic carbocycles. The summed E-state index contributed by atoms with van der Waals surface area (Å²) in [5.41, 5.74) is 1.14. The molecule has 8 heteroatoms. The van der Waals surface area contributed by atoms with Crippen molar-refractivity contribution in [3.05, 3.63) is 61.1 Å². The summed E-state index contributed by atoms with van der Waals surface area (Å²) in [6, 6.07) is 9.98. The number of carbonyl (C=O) groups excluding carboxylic acids is 2. The molecule has 1 aliphatic rings. The number of benzene rings is 2. The SMILES string of the molecule is O=C(Nc1ccc(I)cc1C(=O)N1CCCC[C@H]1CCO)c1ccc(Cl)cc1Cl. The fourth-order valence-electron chi connectivity index (χ4n) is 3.54. The Morgan fingerprint density at radius 1 is 1.14 bits per heavy atom. The van der Waals surface area contributed by atoms with E-state index in [9.17, 15) is 14.7 Å². The second-order valence-corrected chi connectivity index (χ2v) is 9.02. The highest BCUT2D eigenvalue weighted by atomic mass is 127. The summed E-state index contributed by atoms with van der Waals surface area (Å²) in [6.07, 6.45) is 3.40. The molecular weight excluding hydrogens is 526 g/mol. The van der Waals surface area contributed by atoms with Crippen LogP contribution in [0, 0.1) is 3.57 Å². The molecule has 2 amide bonds. The predicted molar refractivity (Wildman–Crippen MR) is 124 cm³/mol. The minimum absolute atomic E-state index is 0.00776. The van der Waals surface area contributed by atoms with Crippen LogP contribution in [0.5, 0.6) is 0 Å². The lowest BCUT2D eigenvalue weighted by molar-refractivity contribution is 0.0575. The van der Waals surface area contributed by atoms with E-state index in [1.807, 2.05) is 11.0 Å². The zero-order valence-electron chi connectivity index (χ0n) is 15.6. The first-order chi connectivity index (χ1) is 13.9. The van der Waals surface area contributed by atoms with Crippen molar-refractivity contribution in [3.8, 4) is 0 Å². The van der Waals surface area contributed by atoms with E-state index in [0.29, 0.717) is 29.2 Å². The van der Waals surface area contributed by atoms with Gasteiger partial charge in [0.2, 0.25) is 0 Å². The molecule has 1 aliphatic heterocycles. The van der Waals surface area contributed by atoms with Crippen molar-refractivity contribution in [1.82, 2.24) is 4.90 Å². The number of carbonyl (C=O) groups is 2. The summed E-state index contributed by atoms with van der Waals surface area (Å²) in [4.78, 5) is 27.9. The van der Waals surface area contributed by atoms with Gasteiger partial charge >= 0.3 is 0 Å². The topological polar surface area (TPSA) is 69.6 Å². The van der Waals surface area contributed by atoms with E-state index in [1.54, 1.807) is 24.3 Å². The van der Waals surface area contributed by atoms with Gasteiger partial charge in [0.25, 0.3) is 11.8 Å². The molecule has 5 nitrogen and oxygen atoms in total. The molecule has 0 saturated carbocycles. The summed E-state index contributed by atoms with van der Waals surface area (Å²) in [5, 5.41) is 12.9. The second-order valence-electron chi connectivity index (χ2n) is 6.93. The fraction of sp³-hybridized carbons (Fsp3) is 0.333. The van der Waals surface area contributed by atoms with Crippen molar-refractivity contribution in [1.29, 1.82) is 0 Å². The molecule has 0 unspecified atom stereocenters. The second kappa shape index (κ2) is 10.1. The lowest BCUT2D eigenvalue weighted by atomic mass is 9.98. The van der Waals surface area contributed by atoms with Crippen LogP contribution in [0.25, 0.3) is 0 Å². The normalized spacial score (nSPS) is 16.6. The highest BCUT2D eigenvalue weighted by Gasteiger charge is 2.29. The quantitative estimate of drug-likeness (QED) is 0.505. The molecule has 0 bridgehead atoms. The van der Waals surface area contributed by atoms with Crippen LogP contribution in [0.2, 0.25) is 10.0 Å². The average Bonchev–Trinajstić information content (AvgIpc) is 2.69. The molecule has 2 aromatic carbocycles. The number of nitrogens with zero attached hydrogens (tertiary/aromatic N) is 1. The summed E-state index contributed by atoms with van der Waals surface area (Å²) < 4.78 is 0.893. The van der Waals surface area contributed by atoms with Crippen LogP contribution >= 0.6 is 45.8 Å². The third-order valence-corrected chi connectivity index (χ3v) is 6.21. The minimum atomic E-state index is -0.410. The van der Waals surface area contributed by atoms with Crippen LogP contribution in [0.15, 0.2) is 36.4 Å². The molecule has 29 heavy (non-hydrogen) atoms. The maximum atomic E-state index is 13.3. The van der Waals surface area contributed by atoms with Crippen molar-refractivity contribution in [3.63, 3.8) is 0 Å². The van der Waals surface area contributed by atoms with E-state index in [4.69, 9.17) is 23.2 Å². The highest BCUT2D eigenvalue weighted by Crippen LogP contribution is 2.28. The van der Waals surface area contributed by atoms with Crippen LogP contribution in [0.1, 0.15) is 46.4 Å². The van der Waals surface area contributed by atoms with Crippen LogP contribution in [0.4, 0.5) is 5.69 Å². The Hall–Kier alpha value is -1.35. The van der Waals surface area contributed by atoms with Gasteiger partial charge in [-0.25, -0.2) is 0 Å². The van der Waals surface area contributed by atoms with Crippen LogP contribution in [-0.2, 0) is 0 Å². The number of hydrogen-bond acceptors (Lipinski definition) is 3. The Morgan fingerprint density at radius 3 is 2.66 bits per heavy atom. The van der Waals surface area contributed by atoms with E-state index >= 15 is 0 Å². The molecule has 1 atom stereocenters. The molecule has 0 radical (unpaired) electrons. The van der Waals surface area contributed by atoms with Gasteiger partial charge in [-0.3, -0.25) is 9.59 Å². The Labute approximate surface area is 193 Å². The van der Waals surface area contributed by atoms with Gasteiger partial charge in [0.1, 0.15) is 0 Å². The summed E-state index contributed by atoms with van der Waals surface area (Å²) in [6.45, 7) is 0.685. The minimum Gasteiger partial charge on any atom is -0.396 e. The van der Waals surface area contributed by atoms with Gasteiger partial charge in [0, 0.05) is 27.8 Å². The van der Waals surface area contributed by atoms with Crippen molar-refractivity contribution < 1.29 is 14.7 Å². The number of hydrogen-bond donors (Lipinski definition) is 2. The van der Waals surface area contributed by atoms with Crippen molar-refractivity contribution in [2.45, 2.75) is 31.7 Å². The number of aliphatic hydroxyl groups excluding tert-OH is 1. The number of amides is 2. The number of piperidine rings is 1. The molecule has 1 fully saturated rings. The summed E-state index contributed by atoms with van der Waals surface area (Å²) >= 11 is 14.2. The van der Waals surface area contributed by atoms with Crippen LogP contribution in [-0.4, -0.2) is 41.0 Å².